The second-order valence-electron chi connectivity index (χ2n) is 10.1. The molecule has 1 atom stereocenters. The molecule has 2 N–H and O–H groups in total. The van der Waals surface area contributed by atoms with Gasteiger partial charge in [-0.3, -0.25) is 9.59 Å². The van der Waals surface area contributed by atoms with Gasteiger partial charge in [0.2, 0.25) is 0 Å². The Morgan fingerprint density at radius 3 is 2.84 bits per heavy atom. The number of hydrogen-bond acceptors (Lipinski definition) is 6. The molecule has 2 amide bonds. The van der Waals surface area contributed by atoms with Crippen LogP contribution in [0.15, 0.2) is 36.5 Å². The van der Waals surface area contributed by atoms with E-state index in [1.807, 2.05) is 0 Å². The zero-order chi connectivity index (χ0) is 26.5. The van der Waals surface area contributed by atoms with Gasteiger partial charge in [0.1, 0.15) is 17.1 Å². The minimum absolute atomic E-state index is 0.122. The van der Waals surface area contributed by atoms with Crippen molar-refractivity contribution in [2.75, 3.05) is 11.9 Å². The van der Waals surface area contributed by atoms with Crippen molar-refractivity contribution >= 4 is 17.6 Å². The first kappa shape index (κ1) is 24.4. The lowest BCUT2D eigenvalue weighted by Gasteiger charge is -2.35. The summed E-state index contributed by atoms with van der Waals surface area (Å²) in [6.45, 7) is -0.803. The number of nitrogens with zero attached hydrogens (tertiary/aromatic N) is 4. The van der Waals surface area contributed by atoms with Crippen molar-refractivity contribution in [2.45, 2.75) is 56.8 Å². The standard InChI is InChI=1S/C26H25F3N6O3/c27-26(28,29)14-38-17-5-6-18-16(12-17)7-9-25(18)13-20-21(24(37)32-25)22(35(34-20)11-8-15-3-4-15)31-23(36)19-2-1-10-30-33-19/h1-2,5-6,10,12,15H,3-4,7-9,11,13-14H2,(H,31,36)(H,32,37)/t25-/m0/s1. The Bertz CT molecular complexity index is 1400. The molecule has 2 aromatic heterocycles. The fourth-order valence-corrected chi connectivity index (χ4v) is 5.37. The van der Waals surface area contributed by atoms with Crippen LogP contribution >= 0.6 is 0 Å². The van der Waals surface area contributed by atoms with Crippen LogP contribution in [0.2, 0.25) is 0 Å². The van der Waals surface area contributed by atoms with Gasteiger partial charge >= 0.3 is 6.18 Å². The monoisotopic (exact) mass is 526 g/mol. The molecule has 12 heteroatoms. The van der Waals surface area contributed by atoms with E-state index in [-0.39, 0.29) is 17.4 Å². The third kappa shape index (κ3) is 4.70. The molecule has 1 aliphatic heterocycles. The highest BCUT2D eigenvalue weighted by atomic mass is 19.4. The van der Waals surface area contributed by atoms with E-state index in [1.54, 1.807) is 22.9 Å². The van der Waals surface area contributed by atoms with Crippen molar-refractivity contribution in [3.8, 4) is 5.75 Å². The number of hydrogen-bond donors (Lipinski definition) is 2. The van der Waals surface area contributed by atoms with Crippen molar-refractivity contribution in [1.82, 2.24) is 25.3 Å². The lowest BCUT2D eigenvalue weighted by molar-refractivity contribution is -0.153. The molecule has 3 aliphatic rings. The molecule has 1 fully saturated rings. The van der Waals surface area contributed by atoms with Crippen molar-refractivity contribution < 1.29 is 27.5 Å². The van der Waals surface area contributed by atoms with Gasteiger partial charge < -0.3 is 15.4 Å². The molecule has 0 unspecified atom stereocenters. The number of benzene rings is 1. The summed E-state index contributed by atoms with van der Waals surface area (Å²) in [6, 6.07) is 7.98. The smallest absolute Gasteiger partial charge is 0.422 e. The van der Waals surface area contributed by atoms with Gasteiger partial charge in [-0.25, -0.2) is 4.68 Å². The Labute approximate surface area is 215 Å². The van der Waals surface area contributed by atoms with Crippen LogP contribution in [0.4, 0.5) is 19.0 Å². The number of carbonyl (C=O) groups is 2. The summed E-state index contributed by atoms with van der Waals surface area (Å²) in [7, 11) is 0. The summed E-state index contributed by atoms with van der Waals surface area (Å²) >= 11 is 0. The van der Waals surface area contributed by atoms with Gasteiger partial charge in [-0.2, -0.15) is 23.4 Å². The van der Waals surface area contributed by atoms with Crippen LogP contribution in [0.1, 0.15) is 63.4 Å². The third-order valence-corrected chi connectivity index (χ3v) is 7.37. The molecule has 1 saturated carbocycles. The minimum Gasteiger partial charge on any atom is -0.484 e. The van der Waals surface area contributed by atoms with Gasteiger partial charge in [-0.05, 0) is 60.6 Å². The molecule has 2 aliphatic carbocycles. The molecule has 0 bridgehead atoms. The Morgan fingerprint density at radius 2 is 2.11 bits per heavy atom. The van der Waals surface area contributed by atoms with Crippen LogP contribution in [0.25, 0.3) is 0 Å². The molecule has 6 rings (SSSR count). The zero-order valence-corrected chi connectivity index (χ0v) is 20.3. The normalized spacial score (nSPS) is 20.1. The van der Waals surface area contributed by atoms with Crippen LogP contribution in [0, 0.1) is 5.92 Å². The highest BCUT2D eigenvalue weighted by Gasteiger charge is 2.46. The third-order valence-electron chi connectivity index (χ3n) is 7.37. The Kier molecular flexibility index (Phi) is 5.84. The molecule has 9 nitrogen and oxygen atoms in total. The van der Waals surface area contributed by atoms with Crippen molar-refractivity contribution in [3.63, 3.8) is 0 Å². The van der Waals surface area contributed by atoms with E-state index < -0.39 is 24.2 Å². The van der Waals surface area contributed by atoms with Crippen LogP contribution in [0.3, 0.4) is 0 Å². The molecule has 3 heterocycles. The average Bonchev–Trinajstić information content (AvgIpc) is 3.58. The molecule has 198 valence electrons. The number of fused-ring (bicyclic) bond motifs is 3. The number of ether oxygens (including phenoxy) is 1. The van der Waals surface area contributed by atoms with E-state index in [0.717, 1.165) is 30.4 Å². The van der Waals surface area contributed by atoms with Crippen molar-refractivity contribution in [2.24, 2.45) is 5.92 Å². The van der Waals surface area contributed by atoms with Crippen LogP contribution in [-0.4, -0.2) is 44.6 Å². The molecule has 0 radical (unpaired) electrons. The van der Waals surface area contributed by atoms with E-state index >= 15 is 0 Å². The summed E-state index contributed by atoms with van der Waals surface area (Å²) in [5, 5.41) is 18.3. The fraction of sp³-hybridized carbons (Fsp3) is 0.423. The summed E-state index contributed by atoms with van der Waals surface area (Å²) in [6.07, 6.45) is 1.82. The lowest BCUT2D eigenvalue weighted by Crippen LogP contribution is -2.49. The Balaban J connectivity index is 1.30. The molecule has 0 saturated heterocycles. The van der Waals surface area contributed by atoms with Gasteiger partial charge in [0.05, 0.1) is 11.2 Å². The number of aromatic nitrogens is 4. The summed E-state index contributed by atoms with van der Waals surface area (Å²) in [5.74, 6) is 0.246. The van der Waals surface area contributed by atoms with E-state index in [9.17, 15) is 22.8 Å². The van der Waals surface area contributed by atoms with Crippen LogP contribution < -0.4 is 15.4 Å². The quantitative estimate of drug-likeness (QED) is 0.485. The average molecular weight is 527 g/mol. The van der Waals surface area contributed by atoms with E-state index in [0.29, 0.717) is 48.8 Å². The molecule has 1 aromatic carbocycles. The number of aryl methyl sites for hydroxylation is 2. The number of amides is 2. The predicted molar refractivity (Wildman–Crippen MR) is 129 cm³/mol. The Morgan fingerprint density at radius 1 is 1.26 bits per heavy atom. The number of carbonyl (C=O) groups excluding carboxylic acids is 2. The molecule has 1 spiro atoms. The van der Waals surface area contributed by atoms with E-state index in [1.165, 1.54) is 18.3 Å². The zero-order valence-electron chi connectivity index (χ0n) is 20.3. The minimum atomic E-state index is -4.42. The first-order valence-electron chi connectivity index (χ1n) is 12.5. The number of nitrogens with one attached hydrogen (secondary N) is 2. The largest absolute Gasteiger partial charge is 0.484 e. The molecule has 38 heavy (non-hydrogen) atoms. The first-order chi connectivity index (χ1) is 18.2. The maximum absolute atomic E-state index is 13.5. The van der Waals surface area contributed by atoms with Gasteiger partial charge in [-0.1, -0.05) is 18.9 Å². The summed E-state index contributed by atoms with van der Waals surface area (Å²) < 4.78 is 44.4. The number of rotatable bonds is 7. The van der Waals surface area contributed by atoms with Gasteiger partial charge in [-0.15, -0.1) is 5.10 Å². The van der Waals surface area contributed by atoms with Gasteiger partial charge in [0, 0.05) is 19.2 Å². The highest BCUT2D eigenvalue weighted by Crippen LogP contribution is 2.44. The fourth-order valence-electron chi connectivity index (χ4n) is 5.37. The van der Waals surface area contributed by atoms with Crippen LogP contribution in [0.5, 0.6) is 5.75 Å². The maximum Gasteiger partial charge on any atom is 0.422 e. The van der Waals surface area contributed by atoms with Crippen molar-refractivity contribution in [3.05, 3.63) is 64.6 Å². The second kappa shape index (κ2) is 9.10. The highest BCUT2D eigenvalue weighted by molar-refractivity contribution is 6.08. The van der Waals surface area contributed by atoms with Gasteiger partial charge in [0.25, 0.3) is 11.8 Å². The molecular weight excluding hydrogens is 501 g/mol. The first-order valence-corrected chi connectivity index (χ1v) is 12.5. The van der Waals surface area contributed by atoms with E-state index in [2.05, 4.69) is 20.8 Å². The van der Waals surface area contributed by atoms with Gasteiger partial charge in [0.15, 0.2) is 12.3 Å². The number of halogens is 3. The van der Waals surface area contributed by atoms with Crippen molar-refractivity contribution in [1.29, 1.82) is 0 Å². The van der Waals surface area contributed by atoms with E-state index in [4.69, 9.17) is 9.84 Å². The maximum atomic E-state index is 13.5. The number of anilines is 1. The second-order valence-corrected chi connectivity index (χ2v) is 10.1. The SMILES string of the molecule is O=C(Nc1c2c(nn1CCC1CC1)C[C@]1(CCc3cc(OCC(F)(F)F)ccc31)NC2=O)c1cccnn1. The predicted octanol–water partition coefficient (Wildman–Crippen LogP) is 3.79. The number of alkyl halides is 3. The summed E-state index contributed by atoms with van der Waals surface area (Å²) in [4.78, 5) is 26.4. The topological polar surface area (TPSA) is 111 Å². The summed E-state index contributed by atoms with van der Waals surface area (Å²) in [5.41, 5.74) is 1.96. The van der Waals surface area contributed by atoms with Crippen LogP contribution in [-0.2, 0) is 24.9 Å². The lowest BCUT2D eigenvalue weighted by atomic mass is 9.82. The Hall–Kier alpha value is -3.96. The molecular formula is C26H25F3N6O3. The molecule has 3 aromatic rings.